The number of anilines is 1. The number of hydrogen-bond donors (Lipinski definition) is 1. The highest BCUT2D eigenvalue weighted by Gasteiger charge is 2.22. The summed E-state index contributed by atoms with van der Waals surface area (Å²) in [5.74, 6) is -1.90. The molecule has 0 spiro atoms. The van der Waals surface area contributed by atoms with Crippen LogP contribution in [0.1, 0.15) is 0 Å². The van der Waals surface area contributed by atoms with Gasteiger partial charge in [0.15, 0.2) is 0 Å². The quantitative estimate of drug-likeness (QED) is 0.423. The van der Waals surface area contributed by atoms with Crippen LogP contribution in [-0.4, -0.2) is 13.3 Å². The molecular weight excluding hydrogens is 430 g/mol. The Morgan fingerprint density at radius 1 is 0.966 bits per heavy atom. The number of nitrogens with zero attached hydrogens (tertiary/aromatic N) is 1. The average Bonchev–Trinajstić information content (AvgIpc) is 2.65. The number of nitrogens with one attached hydrogen (secondary N) is 1. The predicted octanol–water partition coefficient (Wildman–Crippen LogP) is 5.12. The van der Waals surface area contributed by atoms with Crippen molar-refractivity contribution in [3.05, 3.63) is 87.4 Å². The van der Waals surface area contributed by atoms with E-state index in [0.29, 0.717) is 22.9 Å². The van der Waals surface area contributed by atoms with Crippen LogP contribution in [0.5, 0.6) is 11.5 Å². The molecule has 7 nitrogen and oxygen atoms in total. The van der Waals surface area contributed by atoms with E-state index in [-0.39, 0.29) is 11.4 Å². The zero-order valence-electron chi connectivity index (χ0n) is 14.3. The number of non-ortho nitro benzene ring substituents is 1. The van der Waals surface area contributed by atoms with Gasteiger partial charge in [0.25, 0.3) is 15.7 Å². The fraction of sp³-hybridized carbons (Fsp3) is 0. The lowest BCUT2D eigenvalue weighted by Gasteiger charge is -2.11. The number of rotatable bonds is 6. The number of ether oxygens (including phenoxy) is 1. The van der Waals surface area contributed by atoms with Gasteiger partial charge in [-0.05, 0) is 42.5 Å². The fourth-order valence-corrected chi connectivity index (χ4v) is 3.60. The summed E-state index contributed by atoms with van der Waals surface area (Å²) in [6.45, 7) is 0. The third-order valence-corrected chi connectivity index (χ3v) is 5.23. The van der Waals surface area contributed by atoms with Gasteiger partial charge in [0.2, 0.25) is 0 Å². The van der Waals surface area contributed by atoms with E-state index in [2.05, 4.69) is 0 Å². The molecule has 0 saturated carbocycles. The normalized spacial score (nSPS) is 11.1. The second-order valence-electron chi connectivity index (χ2n) is 5.71. The summed E-state index contributed by atoms with van der Waals surface area (Å²) in [6, 6.07) is 11.2. The fourth-order valence-electron chi connectivity index (χ4n) is 2.34. The molecule has 3 aromatic carbocycles. The minimum atomic E-state index is -4.56. The van der Waals surface area contributed by atoms with Crippen molar-refractivity contribution in [1.82, 2.24) is 0 Å². The maximum Gasteiger partial charge on any atom is 0.275 e. The van der Waals surface area contributed by atoms with Gasteiger partial charge in [0.05, 0.1) is 16.7 Å². The van der Waals surface area contributed by atoms with Gasteiger partial charge in [0.1, 0.15) is 28.0 Å². The Kier molecular flexibility index (Phi) is 5.66. The molecule has 29 heavy (non-hydrogen) atoms. The number of hydrogen-bond acceptors (Lipinski definition) is 5. The van der Waals surface area contributed by atoms with Gasteiger partial charge in [-0.1, -0.05) is 11.6 Å². The van der Waals surface area contributed by atoms with Crippen molar-refractivity contribution in [1.29, 1.82) is 0 Å². The highest BCUT2D eigenvalue weighted by Crippen LogP contribution is 2.31. The second kappa shape index (κ2) is 8.02. The molecule has 0 aliphatic carbocycles. The molecule has 0 aromatic heterocycles. The summed E-state index contributed by atoms with van der Waals surface area (Å²) in [7, 11) is -4.56. The zero-order chi connectivity index (χ0) is 21.2. The van der Waals surface area contributed by atoms with E-state index in [0.717, 1.165) is 24.3 Å². The zero-order valence-corrected chi connectivity index (χ0v) is 15.9. The van der Waals surface area contributed by atoms with E-state index >= 15 is 0 Å². The number of halogens is 3. The van der Waals surface area contributed by atoms with Gasteiger partial charge < -0.3 is 4.74 Å². The standard InChI is InChI=1S/C18H11ClF2N2O5S/c19-11-1-4-15(5-2-11)28-16-9-13(8-14(10-16)23(24)25)22-29(26,27)18-7-12(20)3-6-17(18)21/h1-10,22H. The van der Waals surface area contributed by atoms with E-state index in [1.807, 2.05) is 4.72 Å². The molecule has 0 unspecified atom stereocenters. The summed E-state index contributed by atoms with van der Waals surface area (Å²) >= 11 is 5.78. The van der Waals surface area contributed by atoms with Crippen molar-refractivity contribution in [2.24, 2.45) is 0 Å². The summed E-state index contributed by atoms with van der Waals surface area (Å²) in [4.78, 5) is 9.49. The van der Waals surface area contributed by atoms with Crippen LogP contribution in [0.25, 0.3) is 0 Å². The molecule has 1 N–H and O–H groups in total. The van der Waals surface area contributed by atoms with Crippen molar-refractivity contribution in [2.45, 2.75) is 4.90 Å². The number of nitro groups is 1. The highest BCUT2D eigenvalue weighted by atomic mass is 35.5. The topological polar surface area (TPSA) is 98.5 Å². The first kappa shape index (κ1) is 20.5. The van der Waals surface area contributed by atoms with Crippen molar-refractivity contribution < 1.29 is 26.9 Å². The van der Waals surface area contributed by atoms with Crippen LogP contribution in [0, 0.1) is 21.7 Å². The van der Waals surface area contributed by atoms with Crippen molar-refractivity contribution in [3.63, 3.8) is 0 Å². The molecule has 150 valence electrons. The lowest BCUT2D eigenvalue weighted by Crippen LogP contribution is -2.15. The SMILES string of the molecule is O=[N+]([O-])c1cc(NS(=O)(=O)c2cc(F)ccc2F)cc(Oc2ccc(Cl)cc2)c1. The maximum absolute atomic E-state index is 13.8. The Balaban J connectivity index is 1.98. The largest absolute Gasteiger partial charge is 0.457 e. The van der Waals surface area contributed by atoms with E-state index in [1.165, 1.54) is 24.3 Å². The van der Waals surface area contributed by atoms with Crippen molar-refractivity contribution >= 4 is 33.0 Å². The van der Waals surface area contributed by atoms with Gasteiger partial charge in [-0.25, -0.2) is 17.2 Å². The molecule has 0 atom stereocenters. The molecule has 0 aliphatic rings. The molecule has 0 saturated heterocycles. The Hall–Kier alpha value is -3.24. The summed E-state index contributed by atoms with van der Waals surface area (Å²) in [5, 5.41) is 11.6. The Bertz CT molecular complexity index is 1190. The lowest BCUT2D eigenvalue weighted by molar-refractivity contribution is -0.384. The van der Waals surface area contributed by atoms with Crippen molar-refractivity contribution in [2.75, 3.05) is 4.72 Å². The smallest absolute Gasteiger partial charge is 0.275 e. The number of benzene rings is 3. The van der Waals surface area contributed by atoms with Crippen LogP contribution < -0.4 is 9.46 Å². The van der Waals surface area contributed by atoms with Crippen LogP contribution in [0.4, 0.5) is 20.2 Å². The maximum atomic E-state index is 13.8. The van der Waals surface area contributed by atoms with E-state index < -0.39 is 37.2 Å². The van der Waals surface area contributed by atoms with Gasteiger partial charge >= 0.3 is 0 Å². The van der Waals surface area contributed by atoms with Crippen LogP contribution in [-0.2, 0) is 10.0 Å². The Morgan fingerprint density at radius 2 is 1.66 bits per heavy atom. The third-order valence-electron chi connectivity index (χ3n) is 3.59. The first-order valence-electron chi connectivity index (χ1n) is 7.85. The van der Waals surface area contributed by atoms with Crippen LogP contribution in [0.15, 0.2) is 65.6 Å². The van der Waals surface area contributed by atoms with Gasteiger partial charge in [-0.3, -0.25) is 14.8 Å². The number of nitro benzene ring substituents is 1. The Morgan fingerprint density at radius 3 is 2.31 bits per heavy atom. The van der Waals surface area contributed by atoms with E-state index in [9.17, 15) is 27.3 Å². The van der Waals surface area contributed by atoms with Crippen LogP contribution in [0.3, 0.4) is 0 Å². The Labute approximate surface area is 168 Å². The summed E-state index contributed by atoms with van der Waals surface area (Å²) < 4.78 is 59.5. The summed E-state index contributed by atoms with van der Waals surface area (Å²) in [6.07, 6.45) is 0. The molecular formula is C18H11ClF2N2O5S. The predicted molar refractivity (Wildman–Crippen MR) is 102 cm³/mol. The van der Waals surface area contributed by atoms with E-state index in [4.69, 9.17) is 16.3 Å². The molecule has 11 heteroatoms. The highest BCUT2D eigenvalue weighted by molar-refractivity contribution is 7.92. The molecule has 3 rings (SSSR count). The minimum absolute atomic E-state index is 0.0565. The van der Waals surface area contributed by atoms with Crippen LogP contribution >= 0.6 is 11.6 Å². The lowest BCUT2D eigenvalue weighted by atomic mass is 10.2. The molecule has 3 aromatic rings. The van der Waals surface area contributed by atoms with Crippen LogP contribution in [0.2, 0.25) is 5.02 Å². The number of sulfonamides is 1. The average molecular weight is 441 g/mol. The minimum Gasteiger partial charge on any atom is -0.457 e. The first-order chi connectivity index (χ1) is 13.6. The van der Waals surface area contributed by atoms with Gasteiger partial charge in [0, 0.05) is 17.2 Å². The first-order valence-corrected chi connectivity index (χ1v) is 9.71. The molecule has 0 radical (unpaired) electrons. The van der Waals surface area contributed by atoms with E-state index in [1.54, 1.807) is 0 Å². The summed E-state index contributed by atoms with van der Waals surface area (Å²) in [5.41, 5.74) is -0.749. The van der Waals surface area contributed by atoms with Gasteiger partial charge in [-0.15, -0.1) is 0 Å². The van der Waals surface area contributed by atoms with Crippen molar-refractivity contribution in [3.8, 4) is 11.5 Å². The second-order valence-corrected chi connectivity index (χ2v) is 7.80. The molecule has 0 bridgehead atoms. The molecule has 0 heterocycles. The molecule has 0 amide bonds. The molecule has 0 fully saturated rings. The van der Waals surface area contributed by atoms with Gasteiger partial charge in [-0.2, -0.15) is 0 Å². The monoisotopic (exact) mass is 440 g/mol. The third kappa shape index (κ3) is 4.98. The molecule has 0 aliphatic heterocycles.